The van der Waals surface area contributed by atoms with Crippen molar-refractivity contribution in [3.8, 4) is 28.1 Å². The Bertz CT molecular complexity index is 1280. The molecule has 0 bridgehead atoms. The van der Waals surface area contributed by atoms with Crippen LogP contribution in [-0.2, 0) is 6.42 Å². The number of hydrogen-bond donors (Lipinski definition) is 1. The minimum Gasteiger partial charge on any atom is -0.492 e. The number of ether oxygens (including phenoxy) is 1. The number of benzene rings is 1. The molecule has 10 heteroatoms. The number of nitrogens with one attached hydrogen (secondary N) is 1. The fourth-order valence-electron chi connectivity index (χ4n) is 4.20. The summed E-state index contributed by atoms with van der Waals surface area (Å²) in [6, 6.07) is 7.88. The highest BCUT2D eigenvalue weighted by atomic mass is 32.1. The standard InChI is InChI=1S/C23H21N7O2S/c31-22(29-7-9-30(10-8-29)23-24-5-1-6-25-23)21-28-20-17-3-2-15(16-13-26-27-14-16)12-18(17)32-11-4-19(20)33-21/h1-3,5-6,12-14H,4,7-11H2,(H,26,27). The summed E-state index contributed by atoms with van der Waals surface area (Å²) < 4.78 is 6.02. The van der Waals surface area contributed by atoms with E-state index in [4.69, 9.17) is 9.72 Å². The lowest BCUT2D eigenvalue weighted by atomic mass is 10.0. The summed E-state index contributed by atoms with van der Waals surface area (Å²) in [5.41, 5.74) is 3.81. The van der Waals surface area contributed by atoms with Crippen molar-refractivity contribution in [2.24, 2.45) is 0 Å². The van der Waals surface area contributed by atoms with E-state index >= 15 is 0 Å². The van der Waals surface area contributed by atoms with Crippen LogP contribution in [0.5, 0.6) is 5.75 Å². The van der Waals surface area contributed by atoms with Crippen LogP contribution in [0.2, 0.25) is 0 Å². The molecule has 0 atom stereocenters. The van der Waals surface area contributed by atoms with Crippen molar-refractivity contribution in [3.05, 3.63) is 58.9 Å². The Labute approximate surface area is 194 Å². The summed E-state index contributed by atoms with van der Waals surface area (Å²) in [5, 5.41) is 7.41. The maximum atomic E-state index is 13.3. The molecule has 1 saturated heterocycles. The van der Waals surface area contributed by atoms with Crippen LogP contribution in [0, 0.1) is 0 Å². The summed E-state index contributed by atoms with van der Waals surface area (Å²) in [7, 11) is 0. The summed E-state index contributed by atoms with van der Waals surface area (Å²) in [4.78, 5) is 31.7. The van der Waals surface area contributed by atoms with Crippen LogP contribution in [-0.4, -0.2) is 68.7 Å². The van der Waals surface area contributed by atoms with E-state index in [0.717, 1.165) is 39.4 Å². The Hall–Kier alpha value is -3.79. The third-order valence-corrected chi connectivity index (χ3v) is 7.04. The van der Waals surface area contributed by atoms with Crippen LogP contribution < -0.4 is 9.64 Å². The number of piperazine rings is 1. The number of carbonyl (C=O) groups is 1. The number of aromatic nitrogens is 5. The molecule has 2 aliphatic rings. The summed E-state index contributed by atoms with van der Waals surface area (Å²) in [5.74, 6) is 1.48. The average molecular weight is 460 g/mol. The van der Waals surface area contributed by atoms with E-state index < -0.39 is 0 Å². The molecule has 1 aromatic carbocycles. The maximum Gasteiger partial charge on any atom is 0.282 e. The summed E-state index contributed by atoms with van der Waals surface area (Å²) >= 11 is 1.48. The highest BCUT2D eigenvalue weighted by molar-refractivity contribution is 7.14. The van der Waals surface area contributed by atoms with Gasteiger partial charge >= 0.3 is 0 Å². The molecule has 2 aliphatic heterocycles. The quantitative estimate of drug-likeness (QED) is 0.503. The normalized spacial score (nSPS) is 15.4. The first kappa shape index (κ1) is 19.9. The highest BCUT2D eigenvalue weighted by Crippen LogP contribution is 2.39. The molecule has 1 N–H and O–H groups in total. The maximum absolute atomic E-state index is 13.3. The molecule has 6 rings (SSSR count). The molecular weight excluding hydrogens is 438 g/mol. The van der Waals surface area contributed by atoms with E-state index in [1.807, 2.05) is 29.3 Å². The minimum atomic E-state index is -0.0146. The second kappa shape index (κ2) is 8.28. The number of aromatic amines is 1. The average Bonchev–Trinajstić information content (AvgIpc) is 3.52. The predicted octanol–water partition coefficient (Wildman–Crippen LogP) is 2.89. The van der Waals surface area contributed by atoms with Gasteiger partial charge in [-0.05, 0) is 23.8 Å². The number of anilines is 1. The van der Waals surface area contributed by atoms with Crippen molar-refractivity contribution in [3.63, 3.8) is 0 Å². The number of hydrogen-bond acceptors (Lipinski definition) is 8. The second-order valence-corrected chi connectivity index (χ2v) is 9.00. The lowest BCUT2D eigenvalue weighted by Gasteiger charge is -2.34. The van der Waals surface area contributed by atoms with E-state index in [2.05, 4.69) is 25.1 Å². The Balaban J connectivity index is 1.23. The van der Waals surface area contributed by atoms with Gasteiger partial charge in [0.1, 0.15) is 5.75 Å². The van der Waals surface area contributed by atoms with E-state index in [-0.39, 0.29) is 5.91 Å². The van der Waals surface area contributed by atoms with Crippen molar-refractivity contribution < 1.29 is 9.53 Å². The summed E-state index contributed by atoms with van der Waals surface area (Å²) in [6.45, 7) is 3.20. The largest absolute Gasteiger partial charge is 0.492 e. The van der Waals surface area contributed by atoms with Crippen molar-refractivity contribution >= 4 is 23.2 Å². The molecule has 0 aliphatic carbocycles. The predicted molar refractivity (Wildman–Crippen MR) is 124 cm³/mol. The lowest BCUT2D eigenvalue weighted by molar-refractivity contribution is 0.0746. The molecule has 5 heterocycles. The van der Waals surface area contributed by atoms with E-state index in [0.29, 0.717) is 43.7 Å². The van der Waals surface area contributed by atoms with Gasteiger partial charge in [0.05, 0.1) is 18.5 Å². The van der Waals surface area contributed by atoms with Gasteiger partial charge in [0, 0.05) is 67.2 Å². The van der Waals surface area contributed by atoms with Gasteiger partial charge in [0.15, 0.2) is 5.01 Å². The lowest BCUT2D eigenvalue weighted by Crippen LogP contribution is -2.49. The first-order valence-electron chi connectivity index (χ1n) is 10.8. The molecule has 0 radical (unpaired) electrons. The molecule has 0 unspecified atom stereocenters. The molecule has 33 heavy (non-hydrogen) atoms. The molecule has 4 aromatic rings. The zero-order valence-electron chi connectivity index (χ0n) is 17.8. The molecule has 3 aromatic heterocycles. The zero-order chi connectivity index (χ0) is 22.2. The molecular formula is C23H21N7O2S. The molecule has 9 nitrogen and oxygen atoms in total. The monoisotopic (exact) mass is 459 g/mol. The van der Waals surface area contributed by atoms with Crippen molar-refractivity contribution in [1.29, 1.82) is 0 Å². The van der Waals surface area contributed by atoms with Crippen molar-refractivity contribution in [2.45, 2.75) is 6.42 Å². The third kappa shape index (κ3) is 3.72. The number of rotatable bonds is 3. The van der Waals surface area contributed by atoms with E-state index in [1.54, 1.807) is 24.7 Å². The molecule has 1 fully saturated rings. The smallest absolute Gasteiger partial charge is 0.282 e. The van der Waals surface area contributed by atoms with Gasteiger partial charge in [0.2, 0.25) is 5.95 Å². The van der Waals surface area contributed by atoms with Crippen LogP contribution >= 0.6 is 11.3 Å². The number of H-pyrrole nitrogens is 1. The molecule has 0 saturated carbocycles. The van der Waals surface area contributed by atoms with Crippen LogP contribution in [0.4, 0.5) is 5.95 Å². The number of thiazole rings is 1. The molecule has 1 amide bonds. The van der Waals surface area contributed by atoms with Gasteiger partial charge in [-0.15, -0.1) is 11.3 Å². The fraction of sp³-hybridized carbons (Fsp3) is 0.261. The first-order valence-corrected chi connectivity index (χ1v) is 11.7. The Kier molecular flexibility index (Phi) is 4.99. The third-order valence-electron chi connectivity index (χ3n) is 5.94. The van der Waals surface area contributed by atoms with Crippen molar-refractivity contribution in [2.75, 3.05) is 37.7 Å². The zero-order valence-corrected chi connectivity index (χ0v) is 18.6. The number of amides is 1. The first-order chi connectivity index (χ1) is 16.3. The second-order valence-electron chi connectivity index (χ2n) is 7.92. The van der Waals surface area contributed by atoms with Crippen LogP contribution in [0.25, 0.3) is 22.4 Å². The van der Waals surface area contributed by atoms with Crippen LogP contribution in [0.1, 0.15) is 14.7 Å². The number of nitrogens with zero attached hydrogens (tertiary/aromatic N) is 6. The van der Waals surface area contributed by atoms with Crippen molar-refractivity contribution in [1.82, 2.24) is 30.0 Å². The fourth-order valence-corrected chi connectivity index (χ4v) is 5.23. The van der Waals surface area contributed by atoms with Gasteiger partial charge in [-0.2, -0.15) is 5.10 Å². The SMILES string of the molecule is O=C(c1nc2c(s1)CCOc1cc(-c3cn[nH]c3)ccc1-2)N1CCN(c2ncccn2)CC1. The highest BCUT2D eigenvalue weighted by Gasteiger charge is 2.28. The van der Waals surface area contributed by atoms with E-state index in [1.165, 1.54) is 11.3 Å². The minimum absolute atomic E-state index is 0.0146. The number of carbonyl (C=O) groups excluding carboxylic acids is 1. The topological polar surface area (TPSA) is 100 Å². The van der Waals surface area contributed by atoms with Gasteiger partial charge < -0.3 is 14.5 Å². The Morgan fingerprint density at radius 1 is 1.09 bits per heavy atom. The van der Waals surface area contributed by atoms with Gasteiger partial charge in [-0.3, -0.25) is 9.89 Å². The summed E-state index contributed by atoms with van der Waals surface area (Å²) in [6.07, 6.45) is 7.85. The molecule has 0 spiro atoms. The van der Waals surface area contributed by atoms with Gasteiger partial charge in [-0.1, -0.05) is 6.07 Å². The van der Waals surface area contributed by atoms with Crippen LogP contribution in [0.15, 0.2) is 49.1 Å². The van der Waals surface area contributed by atoms with Crippen LogP contribution in [0.3, 0.4) is 0 Å². The molecule has 166 valence electrons. The Morgan fingerprint density at radius 3 is 2.73 bits per heavy atom. The van der Waals surface area contributed by atoms with Gasteiger partial charge in [-0.25, -0.2) is 15.0 Å². The Morgan fingerprint density at radius 2 is 1.94 bits per heavy atom. The van der Waals surface area contributed by atoms with E-state index in [9.17, 15) is 4.79 Å². The van der Waals surface area contributed by atoms with Gasteiger partial charge in [0.25, 0.3) is 5.91 Å². The number of fused-ring (bicyclic) bond motifs is 3.